The summed E-state index contributed by atoms with van der Waals surface area (Å²) in [7, 11) is 0. The summed E-state index contributed by atoms with van der Waals surface area (Å²) in [6.07, 6.45) is 7.41. The predicted molar refractivity (Wildman–Crippen MR) is 86.8 cm³/mol. The maximum atomic E-state index is 9.92. The van der Waals surface area contributed by atoms with Crippen molar-refractivity contribution in [1.82, 2.24) is 5.32 Å². The second-order valence-electron chi connectivity index (χ2n) is 6.11. The molecule has 0 amide bonds. The van der Waals surface area contributed by atoms with E-state index in [0.29, 0.717) is 13.2 Å². The topological polar surface area (TPSA) is 41.5 Å². The highest BCUT2D eigenvalue weighted by Gasteiger charge is 2.14. The highest BCUT2D eigenvalue weighted by molar-refractivity contribution is 5.27. The van der Waals surface area contributed by atoms with Gasteiger partial charge in [0.2, 0.25) is 0 Å². The highest BCUT2D eigenvalue weighted by atomic mass is 16.5. The van der Waals surface area contributed by atoms with Gasteiger partial charge in [-0.25, -0.2) is 0 Å². The lowest BCUT2D eigenvalue weighted by Crippen LogP contribution is -2.32. The number of aliphatic hydroxyl groups excluding tert-OH is 1. The van der Waals surface area contributed by atoms with Crippen molar-refractivity contribution in [3.05, 3.63) is 29.8 Å². The fraction of sp³-hybridized carbons (Fsp3) is 0.667. The summed E-state index contributed by atoms with van der Waals surface area (Å²) < 4.78 is 5.61. The molecule has 1 aliphatic rings. The molecule has 0 aliphatic heterocycles. The quantitative estimate of drug-likeness (QED) is 0.687. The Morgan fingerprint density at radius 3 is 2.62 bits per heavy atom. The molecule has 0 heterocycles. The summed E-state index contributed by atoms with van der Waals surface area (Å²) in [5.74, 6) is 1.74. The first-order chi connectivity index (χ1) is 10.3. The molecule has 3 heteroatoms. The summed E-state index contributed by atoms with van der Waals surface area (Å²) in [6.45, 7) is 4.10. The molecule has 1 fully saturated rings. The number of hydrogen-bond donors (Lipinski definition) is 2. The first kappa shape index (κ1) is 16.3. The fourth-order valence-corrected chi connectivity index (χ4v) is 2.95. The minimum atomic E-state index is -0.445. The van der Waals surface area contributed by atoms with Crippen LogP contribution in [-0.4, -0.2) is 30.9 Å². The molecule has 1 saturated carbocycles. The Labute approximate surface area is 128 Å². The van der Waals surface area contributed by atoms with E-state index in [2.05, 4.69) is 24.4 Å². The van der Waals surface area contributed by atoms with Crippen LogP contribution in [0.25, 0.3) is 0 Å². The van der Waals surface area contributed by atoms with Gasteiger partial charge in [-0.2, -0.15) is 0 Å². The molecule has 1 atom stereocenters. The number of ether oxygens (including phenoxy) is 1. The monoisotopic (exact) mass is 291 g/mol. The van der Waals surface area contributed by atoms with Gasteiger partial charge in [0.25, 0.3) is 0 Å². The molecular formula is C18H29NO2. The standard InChI is InChI=1S/C18H29NO2/c1-2-15-7-9-18(10-8-15)21-14-17(20)13-19-12-11-16-5-3-4-6-16/h7-10,16-17,19-20H,2-6,11-14H2,1H3. The minimum absolute atomic E-state index is 0.349. The van der Waals surface area contributed by atoms with Crippen molar-refractivity contribution in [2.75, 3.05) is 19.7 Å². The van der Waals surface area contributed by atoms with E-state index in [1.807, 2.05) is 12.1 Å². The molecule has 2 rings (SSSR count). The first-order valence-electron chi connectivity index (χ1n) is 8.38. The molecule has 1 aromatic rings. The van der Waals surface area contributed by atoms with Gasteiger partial charge < -0.3 is 15.2 Å². The van der Waals surface area contributed by atoms with Crippen molar-refractivity contribution in [2.45, 2.75) is 51.6 Å². The molecule has 2 N–H and O–H groups in total. The van der Waals surface area contributed by atoms with Gasteiger partial charge in [-0.05, 0) is 43.0 Å². The molecular weight excluding hydrogens is 262 g/mol. The van der Waals surface area contributed by atoms with Gasteiger partial charge in [0.1, 0.15) is 18.5 Å². The molecule has 0 radical (unpaired) electrons. The maximum Gasteiger partial charge on any atom is 0.119 e. The molecule has 21 heavy (non-hydrogen) atoms. The van der Waals surface area contributed by atoms with Gasteiger partial charge in [0.05, 0.1) is 0 Å². The Hall–Kier alpha value is -1.06. The van der Waals surface area contributed by atoms with Crippen LogP contribution in [0, 0.1) is 5.92 Å². The molecule has 1 aromatic carbocycles. The second-order valence-corrected chi connectivity index (χ2v) is 6.11. The summed E-state index contributed by atoms with van der Waals surface area (Å²) in [5, 5.41) is 13.3. The molecule has 1 unspecified atom stereocenters. The highest BCUT2D eigenvalue weighted by Crippen LogP contribution is 2.26. The third kappa shape index (κ3) is 6.06. The zero-order valence-electron chi connectivity index (χ0n) is 13.2. The van der Waals surface area contributed by atoms with Gasteiger partial charge in [0.15, 0.2) is 0 Å². The van der Waals surface area contributed by atoms with Crippen LogP contribution in [0.4, 0.5) is 0 Å². The summed E-state index contributed by atoms with van der Waals surface area (Å²) in [6, 6.07) is 8.08. The van der Waals surface area contributed by atoms with Gasteiger partial charge in [-0.15, -0.1) is 0 Å². The smallest absolute Gasteiger partial charge is 0.119 e. The van der Waals surface area contributed by atoms with Gasteiger partial charge >= 0.3 is 0 Å². The van der Waals surface area contributed by atoms with E-state index in [1.165, 1.54) is 37.7 Å². The average Bonchev–Trinajstić information content (AvgIpc) is 3.03. The van der Waals surface area contributed by atoms with Crippen LogP contribution in [0.1, 0.15) is 44.6 Å². The number of aliphatic hydroxyl groups is 1. The first-order valence-corrected chi connectivity index (χ1v) is 8.38. The predicted octanol–water partition coefficient (Wildman–Crippen LogP) is 3.16. The number of aryl methyl sites for hydroxylation is 1. The lowest BCUT2D eigenvalue weighted by Gasteiger charge is -2.14. The third-order valence-electron chi connectivity index (χ3n) is 4.36. The zero-order valence-corrected chi connectivity index (χ0v) is 13.2. The Morgan fingerprint density at radius 2 is 1.95 bits per heavy atom. The number of benzene rings is 1. The largest absolute Gasteiger partial charge is 0.491 e. The van der Waals surface area contributed by atoms with Crippen molar-refractivity contribution in [1.29, 1.82) is 0 Å². The van der Waals surface area contributed by atoms with Gasteiger partial charge in [0, 0.05) is 6.54 Å². The number of hydrogen-bond acceptors (Lipinski definition) is 3. The van der Waals surface area contributed by atoms with Crippen molar-refractivity contribution in [3.63, 3.8) is 0 Å². The van der Waals surface area contributed by atoms with Gasteiger partial charge in [-0.1, -0.05) is 44.7 Å². The molecule has 1 aliphatic carbocycles. The Kier molecular flexibility index (Phi) is 7.04. The van der Waals surface area contributed by atoms with Crippen LogP contribution in [-0.2, 0) is 6.42 Å². The lowest BCUT2D eigenvalue weighted by atomic mass is 10.0. The van der Waals surface area contributed by atoms with E-state index in [4.69, 9.17) is 4.74 Å². The summed E-state index contributed by atoms with van der Waals surface area (Å²) in [5.41, 5.74) is 1.30. The van der Waals surface area contributed by atoms with E-state index >= 15 is 0 Å². The van der Waals surface area contributed by atoms with E-state index < -0.39 is 6.10 Å². The molecule has 0 spiro atoms. The van der Waals surface area contributed by atoms with E-state index in [0.717, 1.165) is 24.6 Å². The third-order valence-corrected chi connectivity index (χ3v) is 4.36. The summed E-state index contributed by atoms with van der Waals surface area (Å²) >= 11 is 0. The van der Waals surface area contributed by atoms with Crippen LogP contribution in [0.2, 0.25) is 0 Å². The fourth-order valence-electron chi connectivity index (χ4n) is 2.95. The van der Waals surface area contributed by atoms with Crippen molar-refractivity contribution >= 4 is 0 Å². The lowest BCUT2D eigenvalue weighted by molar-refractivity contribution is 0.106. The molecule has 0 bridgehead atoms. The van der Waals surface area contributed by atoms with Crippen molar-refractivity contribution < 1.29 is 9.84 Å². The maximum absolute atomic E-state index is 9.92. The van der Waals surface area contributed by atoms with Crippen molar-refractivity contribution in [3.8, 4) is 5.75 Å². The van der Waals surface area contributed by atoms with Crippen molar-refractivity contribution in [2.24, 2.45) is 5.92 Å². The van der Waals surface area contributed by atoms with Crippen LogP contribution in [0.5, 0.6) is 5.75 Å². The van der Waals surface area contributed by atoms with Crippen LogP contribution < -0.4 is 10.1 Å². The zero-order chi connectivity index (χ0) is 14.9. The van der Waals surface area contributed by atoms with Crippen LogP contribution in [0.3, 0.4) is 0 Å². The molecule has 0 saturated heterocycles. The SMILES string of the molecule is CCc1ccc(OCC(O)CNCCC2CCCC2)cc1. The van der Waals surface area contributed by atoms with E-state index in [9.17, 15) is 5.11 Å². The Balaban J connectivity index is 1.54. The van der Waals surface area contributed by atoms with E-state index in [-0.39, 0.29) is 0 Å². The second kappa shape index (κ2) is 9.06. The van der Waals surface area contributed by atoms with E-state index in [1.54, 1.807) is 0 Å². The minimum Gasteiger partial charge on any atom is -0.491 e. The molecule has 3 nitrogen and oxygen atoms in total. The summed E-state index contributed by atoms with van der Waals surface area (Å²) in [4.78, 5) is 0. The number of nitrogens with one attached hydrogen (secondary N) is 1. The normalized spacial score (nSPS) is 17.0. The average molecular weight is 291 g/mol. The molecule has 118 valence electrons. The molecule has 0 aromatic heterocycles. The Bertz CT molecular complexity index is 385. The number of rotatable bonds is 9. The van der Waals surface area contributed by atoms with Crippen LogP contribution in [0.15, 0.2) is 24.3 Å². The van der Waals surface area contributed by atoms with Crippen LogP contribution >= 0.6 is 0 Å². The Morgan fingerprint density at radius 1 is 1.24 bits per heavy atom. The van der Waals surface area contributed by atoms with Gasteiger partial charge in [-0.3, -0.25) is 0 Å².